The highest BCUT2D eigenvalue weighted by molar-refractivity contribution is 6.47. The molecular formula is C25H20Cl2N2O4. The van der Waals surface area contributed by atoms with Gasteiger partial charge in [0.1, 0.15) is 11.5 Å². The summed E-state index contributed by atoms with van der Waals surface area (Å²) in [4.78, 5) is 31.8. The van der Waals surface area contributed by atoms with Gasteiger partial charge in [0.25, 0.3) is 11.7 Å². The quantitative estimate of drug-likeness (QED) is 0.302. The van der Waals surface area contributed by atoms with Crippen LogP contribution in [-0.4, -0.2) is 33.8 Å². The molecule has 168 valence electrons. The van der Waals surface area contributed by atoms with E-state index in [0.29, 0.717) is 21.9 Å². The molecule has 1 aromatic heterocycles. The van der Waals surface area contributed by atoms with E-state index in [0.717, 1.165) is 11.1 Å². The molecule has 1 fully saturated rings. The summed E-state index contributed by atoms with van der Waals surface area (Å²) in [5.41, 5.74) is 2.33. The van der Waals surface area contributed by atoms with Gasteiger partial charge in [-0.05, 0) is 60.0 Å². The van der Waals surface area contributed by atoms with Crippen LogP contribution in [0.15, 0.2) is 66.5 Å². The van der Waals surface area contributed by atoms with Gasteiger partial charge in [-0.15, -0.1) is 0 Å². The Hall–Kier alpha value is -3.35. The first kappa shape index (κ1) is 22.8. The molecule has 0 spiro atoms. The summed E-state index contributed by atoms with van der Waals surface area (Å²) in [5.74, 6) is -1.17. The van der Waals surface area contributed by atoms with Gasteiger partial charge in [-0.3, -0.25) is 14.6 Å². The number of aliphatic hydroxyl groups is 1. The number of amides is 1. The third kappa shape index (κ3) is 4.32. The van der Waals surface area contributed by atoms with E-state index in [1.54, 1.807) is 68.0 Å². The van der Waals surface area contributed by atoms with Gasteiger partial charge in [0.15, 0.2) is 0 Å². The SMILES string of the molecule is COc1ccc(/C(O)=C2\C(=O)C(=O)N(Cc3cccnc3)[C@H]2c2ccc(Cl)cc2Cl)cc1C. The highest BCUT2D eigenvalue weighted by Crippen LogP contribution is 2.43. The molecule has 1 aliphatic rings. The number of aryl methyl sites for hydroxylation is 1. The Morgan fingerprint density at radius 3 is 2.58 bits per heavy atom. The Kier molecular flexibility index (Phi) is 6.40. The van der Waals surface area contributed by atoms with Crippen molar-refractivity contribution in [1.82, 2.24) is 9.88 Å². The monoisotopic (exact) mass is 482 g/mol. The third-order valence-corrected chi connectivity index (χ3v) is 6.10. The van der Waals surface area contributed by atoms with Crippen molar-refractivity contribution in [3.8, 4) is 5.75 Å². The number of halogens is 2. The van der Waals surface area contributed by atoms with E-state index in [4.69, 9.17) is 27.9 Å². The van der Waals surface area contributed by atoms with Crippen LogP contribution in [0.5, 0.6) is 5.75 Å². The second-order valence-corrected chi connectivity index (χ2v) is 8.48. The minimum absolute atomic E-state index is 0.0438. The van der Waals surface area contributed by atoms with Crippen LogP contribution in [0.1, 0.15) is 28.3 Å². The largest absolute Gasteiger partial charge is 0.507 e. The molecule has 0 saturated carbocycles. The molecule has 1 atom stereocenters. The fourth-order valence-electron chi connectivity index (χ4n) is 3.96. The van der Waals surface area contributed by atoms with Crippen molar-refractivity contribution in [1.29, 1.82) is 0 Å². The van der Waals surface area contributed by atoms with E-state index >= 15 is 0 Å². The average molecular weight is 483 g/mol. The Labute approximate surface area is 201 Å². The van der Waals surface area contributed by atoms with Crippen molar-refractivity contribution in [2.75, 3.05) is 7.11 Å². The number of likely N-dealkylation sites (tertiary alicyclic amines) is 1. The number of pyridine rings is 1. The van der Waals surface area contributed by atoms with E-state index in [9.17, 15) is 14.7 Å². The molecule has 33 heavy (non-hydrogen) atoms. The third-order valence-electron chi connectivity index (χ3n) is 5.54. The van der Waals surface area contributed by atoms with Crippen LogP contribution < -0.4 is 4.74 Å². The number of ether oxygens (including phenoxy) is 1. The molecular weight excluding hydrogens is 463 g/mol. The van der Waals surface area contributed by atoms with Crippen molar-refractivity contribution in [3.05, 3.63) is 98.8 Å². The summed E-state index contributed by atoms with van der Waals surface area (Å²) in [5, 5.41) is 11.9. The molecule has 0 radical (unpaired) electrons. The van der Waals surface area contributed by atoms with Crippen LogP contribution in [0.2, 0.25) is 10.0 Å². The molecule has 1 aliphatic heterocycles. The van der Waals surface area contributed by atoms with E-state index in [1.165, 1.54) is 4.90 Å². The highest BCUT2D eigenvalue weighted by Gasteiger charge is 2.46. The molecule has 8 heteroatoms. The lowest BCUT2D eigenvalue weighted by Crippen LogP contribution is -2.29. The molecule has 0 aliphatic carbocycles. The first-order chi connectivity index (χ1) is 15.8. The highest BCUT2D eigenvalue weighted by atomic mass is 35.5. The fraction of sp³-hybridized carbons (Fsp3) is 0.160. The lowest BCUT2D eigenvalue weighted by atomic mass is 9.94. The first-order valence-electron chi connectivity index (χ1n) is 10.1. The van der Waals surface area contributed by atoms with Gasteiger partial charge in [-0.2, -0.15) is 0 Å². The van der Waals surface area contributed by atoms with Gasteiger partial charge in [0.05, 0.1) is 18.7 Å². The second kappa shape index (κ2) is 9.25. The molecule has 2 heterocycles. The molecule has 3 aromatic rings. The van der Waals surface area contributed by atoms with Crippen molar-refractivity contribution in [3.63, 3.8) is 0 Å². The summed E-state index contributed by atoms with van der Waals surface area (Å²) in [6.07, 6.45) is 3.24. The number of aliphatic hydroxyl groups excluding tert-OH is 1. The topological polar surface area (TPSA) is 79.7 Å². The number of methoxy groups -OCH3 is 1. The Morgan fingerprint density at radius 2 is 1.94 bits per heavy atom. The van der Waals surface area contributed by atoms with Crippen molar-refractivity contribution >= 4 is 40.7 Å². The second-order valence-electron chi connectivity index (χ2n) is 7.64. The number of aromatic nitrogens is 1. The van der Waals surface area contributed by atoms with Crippen LogP contribution in [0, 0.1) is 6.92 Å². The van der Waals surface area contributed by atoms with E-state index in [2.05, 4.69) is 4.98 Å². The number of nitrogens with zero attached hydrogens (tertiary/aromatic N) is 2. The van der Waals surface area contributed by atoms with Gasteiger partial charge in [0.2, 0.25) is 0 Å². The minimum Gasteiger partial charge on any atom is -0.507 e. The summed E-state index contributed by atoms with van der Waals surface area (Å²) in [7, 11) is 1.55. The molecule has 0 unspecified atom stereocenters. The van der Waals surface area contributed by atoms with Gasteiger partial charge in [0, 0.05) is 34.5 Å². The number of carbonyl (C=O) groups excluding carboxylic acids is 2. The Morgan fingerprint density at radius 1 is 1.15 bits per heavy atom. The van der Waals surface area contributed by atoms with Crippen molar-refractivity contribution < 1.29 is 19.4 Å². The number of ketones is 1. The lowest BCUT2D eigenvalue weighted by Gasteiger charge is -2.26. The van der Waals surface area contributed by atoms with Crippen LogP contribution in [0.3, 0.4) is 0 Å². The fourth-order valence-corrected chi connectivity index (χ4v) is 4.47. The Balaban J connectivity index is 1.90. The van der Waals surface area contributed by atoms with Crippen LogP contribution in [0.4, 0.5) is 0 Å². The smallest absolute Gasteiger partial charge is 0.295 e. The molecule has 6 nitrogen and oxygen atoms in total. The zero-order chi connectivity index (χ0) is 23.7. The predicted molar refractivity (Wildman–Crippen MR) is 126 cm³/mol. The Bertz CT molecular complexity index is 1270. The molecule has 2 aromatic carbocycles. The van der Waals surface area contributed by atoms with E-state index in [-0.39, 0.29) is 22.9 Å². The van der Waals surface area contributed by atoms with E-state index in [1.807, 2.05) is 6.92 Å². The van der Waals surface area contributed by atoms with E-state index < -0.39 is 17.7 Å². The van der Waals surface area contributed by atoms with Gasteiger partial charge >= 0.3 is 0 Å². The van der Waals surface area contributed by atoms with Crippen LogP contribution in [-0.2, 0) is 16.1 Å². The molecule has 1 N–H and O–H groups in total. The van der Waals surface area contributed by atoms with Crippen molar-refractivity contribution in [2.24, 2.45) is 0 Å². The minimum atomic E-state index is -0.905. The molecule has 0 bridgehead atoms. The number of benzene rings is 2. The average Bonchev–Trinajstić information content (AvgIpc) is 3.04. The normalized spacial score (nSPS) is 17.5. The first-order valence-corrected chi connectivity index (χ1v) is 10.8. The number of hydrogen-bond donors (Lipinski definition) is 1. The zero-order valence-corrected chi connectivity index (χ0v) is 19.4. The number of rotatable bonds is 5. The summed E-state index contributed by atoms with van der Waals surface area (Å²) in [6.45, 7) is 1.94. The standard InChI is InChI=1S/C25H20Cl2N2O4/c1-14-10-16(5-8-20(14)33-2)23(30)21-22(18-7-6-17(26)11-19(18)27)29(25(32)24(21)31)13-15-4-3-9-28-12-15/h3-12,22,30H,13H2,1-2H3/b23-21+/t22-/m0/s1. The summed E-state index contributed by atoms with van der Waals surface area (Å²) in [6, 6.07) is 12.5. The number of carbonyl (C=O) groups is 2. The predicted octanol–water partition coefficient (Wildman–Crippen LogP) is 5.33. The summed E-state index contributed by atoms with van der Waals surface area (Å²) >= 11 is 12.6. The number of hydrogen-bond acceptors (Lipinski definition) is 5. The molecule has 4 rings (SSSR count). The maximum atomic E-state index is 13.2. The van der Waals surface area contributed by atoms with Gasteiger partial charge in [-0.25, -0.2) is 0 Å². The number of Topliss-reactive ketones (excluding diaryl/α,β-unsaturated/α-hetero) is 1. The van der Waals surface area contributed by atoms with Crippen molar-refractivity contribution in [2.45, 2.75) is 19.5 Å². The lowest BCUT2D eigenvalue weighted by molar-refractivity contribution is -0.140. The maximum absolute atomic E-state index is 13.2. The van der Waals surface area contributed by atoms with Gasteiger partial charge in [-0.1, -0.05) is 35.3 Å². The molecule has 1 amide bonds. The summed E-state index contributed by atoms with van der Waals surface area (Å²) < 4.78 is 5.28. The van der Waals surface area contributed by atoms with Crippen LogP contribution in [0.25, 0.3) is 5.76 Å². The molecule has 1 saturated heterocycles. The maximum Gasteiger partial charge on any atom is 0.295 e. The van der Waals surface area contributed by atoms with Gasteiger partial charge < -0.3 is 14.7 Å². The van der Waals surface area contributed by atoms with Crippen LogP contribution >= 0.6 is 23.2 Å². The zero-order valence-electron chi connectivity index (χ0n) is 17.9.